The molecule has 1 fully saturated rings. The van der Waals surface area contributed by atoms with Crippen molar-refractivity contribution in [2.75, 3.05) is 18.0 Å². The zero-order chi connectivity index (χ0) is 13.3. The van der Waals surface area contributed by atoms with E-state index in [1.54, 1.807) is 0 Å². The maximum absolute atomic E-state index is 11.2. The standard InChI is InChI=1S/C15H21NO2/c1-11-4-5-12(2)13(10-11)16-8-6-15(3,7-9-16)14(17)18/h4-5,10H,6-9H2,1-3H3,(H,17,18). The van der Waals surface area contributed by atoms with Gasteiger partial charge in [0, 0.05) is 18.8 Å². The van der Waals surface area contributed by atoms with Crippen LogP contribution in [0.3, 0.4) is 0 Å². The Labute approximate surface area is 108 Å². The lowest BCUT2D eigenvalue weighted by Gasteiger charge is -2.38. The van der Waals surface area contributed by atoms with E-state index in [0.29, 0.717) is 0 Å². The SMILES string of the molecule is Cc1ccc(C)c(N2CCC(C)(C(=O)O)CC2)c1. The molecule has 1 heterocycles. The summed E-state index contributed by atoms with van der Waals surface area (Å²) < 4.78 is 0. The Balaban J connectivity index is 2.15. The number of hydrogen-bond acceptors (Lipinski definition) is 2. The number of rotatable bonds is 2. The highest BCUT2D eigenvalue weighted by Gasteiger charge is 2.37. The van der Waals surface area contributed by atoms with Gasteiger partial charge in [0.05, 0.1) is 5.41 Å². The second-order valence-electron chi connectivity index (χ2n) is 5.64. The summed E-state index contributed by atoms with van der Waals surface area (Å²) in [7, 11) is 0. The molecule has 0 aliphatic carbocycles. The number of anilines is 1. The van der Waals surface area contributed by atoms with Crippen molar-refractivity contribution in [1.82, 2.24) is 0 Å². The second kappa shape index (κ2) is 4.63. The average molecular weight is 247 g/mol. The Morgan fingerprint density at radius 3 is 2.44 bits per heavy atom. The van der Waals surface area contributed by atoms with Crippen LogP contribution in [0.25, 0.3) is 0 Å². The number of benzene rings is 1. The van der Waals surface area contributed by atoms with Crippen LogP contribution >= 0.6 is 0 Å². The van der Waals surface area contributed by atoms with Crippen molar-refractivity contribution in [3.8, 4) is 0 Å². The van der Waals surface area contributed by atoms with Crippen molar-refractivity contribution >= 4 is 11.7 Å². The first kappa shape index (κ1) is 12.9. The first-order chi connectivity index (χ1) is 8.42. The van der Waals surface area contributed by atoms with E-state index in [-0.39, 0.29) is 0 Å². The van der Waals surface area contributed by atoms with E-state index >= 15 is 0 Å². The molecule has 1 aromatic rings. The Bertz CT molecular complexity index is 460. The van der Waals surface area contributed by atoms with E-state index < -0.39 is 11.4 Å². The van der Waals surface area contributed by atoms with Crippen molar-refractivity contribution < 1.29 is 9.90 Å². The molecule has 18 heavy (non-hydrogen) atoms. The van der Waals surface area contributed by atoms with Crippen LogP contribution < -0.4 is 4.90 Å². The summed E-state index contributed by atoms with van der Waals surface area (Å²) in [6.45, 7) is 7.71. The van der Waals surface area contributed by atoms with Gasteiger partial charge < -0.3 is 10.0 Å². The first-order valence-corrected chi connectivity index (χ1v) is 6.48. The summed E-state index contributed by atoms with van der Waals surface area (Å²) in [6, 6.07) is 6.44. The third-order valence-electron chi connectivity index (χ3n) is 4.09. The fourth-order valence-corrected chi connectivity index (χ4v) is 2.52. The molecule has 0 bridgehead atoms. The molecule has 3 heteroatoms. The van der Waals surface area contributed by atoms with E-state index in [1.807, 2.05) is 6.92 Å². The van der Waals surface area contributed by atoms with E-state index in [1.165, 1.54) is 16.8 Å². The van der Waals surface area contributed by atoms with Crippen molar-refractivity contribution in [2.24, 2.45) is 5.41 Å². The number of carboxylic acids is 1. The van der Waals surface area contributed by atoms with Crippen LogP contribution in [-0.4, -0.2) is 24.2 Å². The van der Waals surface area contributed by atoms with Crippen molar-refractivity contribution in [2.45, 2.75) is 33.6 Å². The van der Waals surface area contributed by atoms with Gasteiger partial charge in [-0.2, -0.15) is 0 Å². The predicted octanol–water partition coefficient (Wildman–Crippen LogP) is 2.99. The number of nitrogens with zero attached hydrogens (tertiary/aromatic N) is 1. The Kier molecular flexibility index (Phi) is 3.33. The predicted molar refractivity (Wildman–Crippen MR) is 73.1 cm³/mol. The minimum atomic E-state index is -0.664. The summed E-state index contributed by atoms with van der Waals surface area (Å²) in [6.07, 6.45) is 1.44. The van der Waals surface area contributed by atoms with Crippen LogP contribution in [0.2, 0.25) is 0 Å². The van der Waals surface area contributed by atoms with Gasteiger partial charge in [-0.05, 0) is 50.8 Å². The molecule has 0 amide bonds. The molecular formula is C15H21NO2. The number of aryl methyl sites for hydroxylation is 2. The van der Waals surface area contributed by atoms with Gasteiger partial charge in [-0.25, -0.2) is 0 Å². The number of piperidine rings is 1. The summed E-state index contributed by atoms with van der Waals surface area (Å²) in [5.74, 6) is -0.664. The minimum absolute atomic E-state index is 0.547. The van der Waals surface area contributed by atoms with Crippen molar-refractivity contribution in [3.05, 3.63) is 29.3 Å². The van der Waals surface area contributed by atoms with Crippen LogP contribution in [0.15, 0.2) is 18.2 Å². The fraction of sp³-hybridized carbons (Fsp3) is 0.533. The smallest absolute Gasteiger partial charge is 0.309 e. The maximum Gasteiger partial charge on any atom is 0.309 e. The minimum Gasteiger partial charge on any atom is -0.481 e. The Morgan fingerprint density at radius 2 is 1.89 bits per heavy atom. The van der Waals surface area contributed by atoms with Gasteiger partial charge in [-0.3, -0.25) is 4.79 Å². The second-order valence-corrected chi connectivity index (χ2v) is 5.64. The van der Waals surface area contributed by atoms with Crippen LogP contribution in [0.5, 0.6) is 0 Å². The molecule has 0 saturated carbocycles. The molecule has 0 radical (unpaired) electrons. The molecule has 1 saturated heterocycles. The molecule has 1 aromatic carbocycles. The van der Waals surface area contributed by atoms with Gasteiger partial charge in [0.25, 0.3) is 0 Å². The molecule has 0 aromatic heterocycles. The lowest BCUT2D eigenvalue weighted by molar-refractivity contribution is -0.149. The van der Waals surface area contributed by atoms with E-state index in [0.717, 1.165) is 25.9 Å². The third kappa shape index (κ3) is 2.35. The molecule has 1 aliphatic rings. The van der Waals surface area contributed by atoms with Gasteiger partial charge in [0.15, 0.2) is 0 Å². The Morgan fingerprint density at radius 1 is 1.28 bits per heavy atom. The van der Waals surface area contributed by atoms with Gasteiger partial charge in [-0.1, -0.05) is 12.1 Å². The summed E-state index contributed by atoms with van der Waals surface area (Å²) >= 11 is 0. The molecular weight excluding hydrogens is 226 g/mol. The highest BCUT2D eigenvalue weighted by Crippen LogP contribution is 2.34. The molecule has 3 nitrogen and oxygen atoms in total. The number of aliphatic carboxylic acids is 1. The van der Waals surface area contributed by atoms with E-state index in [4.69, 9.17) is 0 Å². The van der Waals surface area contributed by atoms with E-state index in [9.17, 15) is 9.90 Å². The third-order valence-corrected chi connectivity index (χ3v) is 4.09. The topological polar surface area (TPSA) is 40.5 Å². The molecule has 1 N–H and O–H groups in total. The van der Waals surface area contributed by atoms with Crippen LogP contribution in [-0.2, 0) is 4.79 Å². The first-order valence-electron chi connectivity index (χ1n) is 6.48. The summed E-state index contributed by atoms with van der Waals surface area (Å²) in [5.41, 5.74) is 3.22. The zero-order valence-corrected chi connectivity index (χ0v) is 11.4. The van der Waals surface area contributed by atoms with Gasteiger partial charge in [0.1, 0.15) is 0 Å². The molecule has 0 atom stereocenters. The van der Waals surface area contributed by atoms with Gasteiger partial charge in [-0.15, -0.1) is 0 Å². The van der Waals surface area contributed by atoms with Gasteiger partial charge >= 0.3 is 5.97 Å². The van der Waals surface area contributed by atoms with Crippen molar-refractivity contribution in [3.63, 3.8) is 0 Å². The monoisotopic (exact) mass is 247 g/mol. The van der Waals surface area contributed by atoms with Crippen LogP contribution in [0.4, 0.5) is 5.69 Å². The van der Waals surface area contributed by atoms with Crippen molar-refractivity contribution in [1.29, 1.82) is 0 Å². The van der Waals surface area contributed by atoms with Gasteiger partial charge in [0.2, 0.25) is 0 Å². The normalized spacial score (nSPS) is 18.7. The Hall–Kier alpha value is -1.51. The summed E-state index contributed by atoms with van der Waals surface area (Å²) in [5, 5.41) is 9.23. The lowest BCUT2D eigenvalue weighted by atomic mass is 9.80. The highest BCUT2D eigenvalue weighted by atomic mass is 16.4. The molecule has 1 aliphatic heterocycles. The highest BCUT2D eigenvalue weighted by molar-refractivity contribution is 5.74. The number of hydrogen-bond donors (Lipinski definition) is 1. The zero-order valence-electron chi connectivity index (χ0n) is 11.4. The summed E-state index contributed by atoms with van der Waals surface area (Å²) in [4.78, 5) is 13.5. The maximum atomic E-state index is 11.2. The van der Waals surface area contributed by atoms with E-state index in [2.05, 4.69) is 36.9 Å². The average Bonchev–Trinajstić information content (AvgIpc) is 2.33. The molecule has 0 unspecified atom stereocenters. The molecule has 98 valence electrons. The largest absolute Gasteiger partial charge is 0.481 e. The fourth-order valence-electron chi connectivity index (χ4n) is 2.52. The number of carbonyl (C=O) groups is 1. The lowest BCUT2D eigenvalue weighted by Crippen LogP contribution is -2.43. The van der Waals surface area contributed by atoms with Crippen LogP contribution in [0.1, 0.15) is 30.9 Å². The molecule has 0 spiro atoms. The number of carboxylic acid groups (broad SMARTS) is 1. The quantitative estimate of drug-likeness (QED) is 0.873. The molecule has 2 rings (SSSR count). The van der Waals surface area contributed by atoms with Crippen LogP contribution in [0, 0.1) is 19.3 Å².